The maximum Gasteiger partial charge on any atom is 0.317 e. The van der Waals surface area contributed by atoms with Crippen molar-refractivity contribution in [3.63, 3.8) is 0 Å². The minimum Gasteiger partial charge on any atom is -0.333 e. The van der Waals surface area contributed by atoms with Gasteiger partial charge in [0.15, 0.2) is 0 Å². The van der Waals surface area contributed by atoms with E-state index in [-0.39, 0.29) is 23.1 Å². The molecule has 1 N–H and O–H groups in total. The van der Waals surface area contributed by atoms with Crippen LogP contribution in [0.2, 0.25) is 0 Å². The molecule has 0 bridgehead atoms. The number of likely N-dealkylation sites (tertiary alicyclic amines) is 1. The van der Waals surface area contributed by atoms with Crippen molar-refractivity contribution in [2.75, 3.05) is 19.7 Å². The second-order valence-electron chi connectivity index (χ2n) is 7.99. The number of aryl methyl sites for hydroxylation is 1. The van der Waals surface area contributed by atoms with Crippen molar-refractivity contribution >= 4 is 16.1 Å². The molecule has 1 aromatic carbocycles. The number of rotatable bonds is 5. The summed E-state index contributed by atoms with van der Waals surface area (Å²) in [5, 5.41) is 2.97. The summed E-state index contributed by atoms with van der Waals surface area (Å²) in [7, 11) is -3.70. The number of carbonyl (C=O) groups is 1. The summed E-state index contributed by atoms with van der Waals surface area (Å²) in [6.07, 6.45) is 2.41. The van der Waals surface area contributed by atoms with Gasteiger partial charge in [0.1, 0.15) is 0 Å². The number of nitrogens with one attached hydrogen (secondary N) is 1. The van der Waals surface area contributed by atoms with Crippen LogP contribution in [-0.2, 0) is 14.3 Å². The highest BCUT2D eigenvalue weighted by molar-refractivity contribution is 7.86. The van der Waals surface area contributed by atoms with Gasteiger partial charge in [0.05, 0.1) is 11.5 Å². The molecule has 1 aliphatic heterocycles. The summed E-state index contributed by atoms with van der Waals surface area (Å²) < 4.78 is 29.5. The lowest BCUT2D eigenvalue weighted by molar-refractivity contribution is 0.155. The first-order chi connectivity index (χ1) is 12.1. The number of carbonyl (C=O) groups excluding carboxylic acids is 1. The first-order valence-electron chi connectivity index (χ1n) is 9.10. The molecular weight excluding hydrogens is 352 g/mol. The largest absolute Gasteiger partial charge is 0.333 e. The van der Waals surface area contributed by atoms with Crippen molar-refractivity contribution in [2.24, 2.45) is 5.92 Å². The van der Waals surface area contributed by atoms with Gasteiger partial charge in [0.2, 0.25) is 0 Å². The van der Waals surface area contributed by atoms with Gasteiger partial charge in [-0.25, -0.2) is 4.79 Å². The maximum atomic E-state index is 12.2. The van der Waals surface area contributed by atoms with Crippen LogP contribution in [0.5, 0.6) is 0 Å². The predicted molar refractivity (Wildman–Crippen MR) is 102 cm³/mol. The molecule has 1 saturated heterocycles. The Balaban J connectivity index is 1.75. The zero-order valence-electron chi connectivity index (χ0n) is 16.1. The van der Waals surface area contributed by atoms with Crippen LogP contribution in [0, 0.1) is 12.8 Å². The number of nitrogens with zero attached hydrogens (tertiary/aromatic N) is 1. The van der Waals surface area contributed by atoms with E-state index in [9.17, 15) is 13.2 Å². The Morgan fingerprint density at radius 1 is 1.19 bits per heavy atom. The summed E-state index contributed by atoms with van der Waals surface area (Å²) in [5.74, 6) is 0.377. The molecular formula is C19H30N2O4S. The topological polar surface area (TPSA) is 75.7 Å². The van der Waals surface area contributed by atoms with Crippen LogP contribution in [0.4, 0.5) is 4.79 Å². The summed E-state index contributed by atoms with van der Waals surface area (Å²) in [4.78, 5) is 14.2. The van der Waals surface area contributed by atoms with Gasteiger partial charge < -0.3 is 10.2 Å². The van der Waals surface area contributed by atoms with Crippen molar-refractivity contribution in [2.45, 2.75) is 57.4 Å². The first kappa shape index (κ1) is 20.7. The Labute approximate surface area is 157 Å². The maximum absolute atomic E-state index is 12.2. The second-order valence-corrected chi connectivity index (χ2v) is 9.60. The number of amides is 2. The monoisotopic (exact) mass is 382 g/mol. The zero-order valence-corrected chi connectivity index (χ0v) is 16.9. The third-order valence-corrected chi connectivity index (χ3v) is 5.78. The predicted octanol–water partition coefficient (Wildman–Crippen LogP) is 3.31. The van der Waals surface area contributed by atoms with Crippen molar-refractivity contribution in [1.29, 1.82) is 0 Å². The minimum atomic E-state index is -3.70. The molecule has 26 heavy (non-hydrogen) atoms. The molecule has 0 radical (unpaired) electrons. The smallest absolute Gasteiger partial charge is 0.317 e. The molecule has 0 spiro atoms. The molecule has 0 atom stereocenters. The van der Waals surface area contributed by atoms with Crippen LogP contribution >= 0.6 is 0 Å². The Kier molecular flexibility index (Phi) is 6.69. The molecule has 6 nitrogen and oxygen atoms in total. The molecule has 0 saturated carbocycles. The molecule has 1 aromatic rings. The van der Waals surface area contributed by atoms with Gasteiger partial charge in [-0.1, -0.05) is 17.7 Å². The summed E-state index contributed by atoms with van der Waals surface area (Å²) in [6, 6.07) is 6.62. The number of piperidine rings is 1. The standard InChI is InChI=1S/C19H30N2O4S/c1-15-5-7-17(8-6-15)26(23,24)25-14-11-16-9-12-21(13-10-16)18(22)20-19(2,3)4/h5-8,16H,9-14H2,1-4H3,(H,20,22). The van der Waals surface area contributed by atoms with Crippen LogP contribution < -0.4 is 5.32 Å². The number of hydrogen-bond acceptors (Lipinski definition) is 4. The van der Waals surface area contributed by atoms with Crippen LogP contribution in [0.15, 0.2) is 29.2 Å². The number of benzene rings is 1. The van der Waals surface area contributed by atoms with Crippen LogP contribution in [0.3, 0.4) is 0 Å². The Hall–Kier alpha value is -1.60. The fourth-order valence-electron chi connectivity index (χ4n) is 2.92. The molecule has 1 fully saturated rings. The molecule has 0 aromatic heterocycles. The van der Waals surface area contributed by atoms with Gasteiger partial charge in [-0.05, 0) is 65.0 Å². The van der Waals surface area contributed by atoms with E-state index in [1.807, 2.05) is 32.6 Å². The van der Waals surface area contributed by atoms with Crippen molar-refractivity contribution in [1.82, 2.24) is 10.2 Å². The normalized spacial score (nSPS) is 16.5. The van der Waals surface area contributed by atoms with Gasteiger partial charge >= 0.3 is 6.03 Å². The Bertz CT molecular complexity index is 700. The molecule has 0 unspecified atom stereocenters. The quantitative estimate of drug-likeness (QED) is 0.793. The van der Waals surface area contributed by atoms with E-state index in [0.29, 0.717) is 25.4 Å². The summed E-state index contributed by atoms with van der Waals surface area (Å²) in [6.45, 7) is 9.35. The molecule has 146 valence electrons. The lowest BCUT2D eigenvalue weighted by atomic mass is 9.94. The highest BCUT2D eigenvalue weighted by Crippen LogP contribution is 2.22. The molecule has 0 aliphatic carbocycles. The van der Waals surface area contributed by atoms with Crippen LogP contribution in [0.1, 0.15) is 45.6 Å². The van der Waals surface area contributed by atoms with E-state index in [0.717, 1.165) is 18.4 Å². The second kappa shape index (κ2) is 8.39. The van der Waals surface area contributed by atoms with Crippen molar-refractivity contribution in [3.05, 3.63) is 29.8 Å². The van der Waals surface area contributed by atoms with Gasteiger partial charge in [-0.2, -0.15) is 8.42 Å². The van der Waals surface area contributed by atoms with Crippen molar-refractivity contribution < 1.29 is 17.4 Å². The Morgan fingerprint density at radius 2 is 1.77 bits per heavy atom. The fraction of sp³-hybridized carbons (Fsp3) is 0.632. The average Bonchev–Trinajstić information content (AvgIpc) is 2.54. The first-order valence-corrected chi connectivity index (χ1v) is 10.5. The Morgan fingerprint density at radius 3 is 2.31 bits per heavy atom. The van der Waals surface area contributed by atoms with Gasteiger partial charge in [-0.3, -0.25) is 4.18 Å². The number of hydrogen-bond donors (Lipinski definition) is 1. The fourth-order valence-corrected chi connectivity index (χ4v) is 3.84. The third-order valence-electron chi connectivity index (χ3n) is 4.46. The van der Waals surface area contributed by atoms with Gasteiger partial charge in [-0.15, -0.1) is 0 Å². The molecule has 2 rings (SSSR count). The summed E-state index contributed by atoms with van der Waals surface area (Å²) >= 11 is 0. The third kappa shape index (κ3) is 6.29. The molecule has 1 aliphatic rings. The molecule has 2 amide bonds. The molecule has 1 heterocycles. The highest BCUT2D eigenvalue weighted by Gasteiger charge is 2.25. The average molecular weight is 383 g/mol. The highest BCUT2D eigenvalue weighted by atomic mass is 32.2. The minimum absolute atomic E-state index is 0.0332. The molecule has 7 heteroatoms. The van der Waals surface area contributed by atoms with Gasteiger partial charge in [0.25, 0.3) is 10.1 Å². The lowest BCUT2D eigenvalue weighted by Gasteiger charge is -2.34. The van der Waals surface area contributed by atoms with Crippen LogP contribution in [-0.4, -0.2) is 44.6 Å². The zero-order chi connectivity index (χ0) is 19.4. The summed E-state index contributed by atoms with van der Waals surface area (Å²) in [5.41, 5.74) is 0.762. The van der Waals surface area contributed by atoms with Crippen LogP contribution in [0.25, 0.3) is 0 Å². The SMILES string of the molecule is Cc1ccc(S(=O)(=O)OCCC2CCN(C(=O)NC(C)(C)C)CC2)cc1. The van der Waals surface area contributed by atoms with E-state index in [2.05, 4.69) is 5.32 Å². The van der Waals surface area contributed by atoms with Crippen molar-refractivity contribution in [3.8, 4) is 0 Å². The van der Waals surface area contributed by atoms with E-state index < -0.39 is 10.1 Å². The van der Waals surface area contributed by atoms with E-state index >= 15 is 0 Å². The van der Waals surface area contributed by atoms with Gasteiger partial charge in [0, 0.05) is 18.6 Å². The van der Waals surface area contributed by atoms with E-state index in [4.69, 9.17) is 4.18 Å². The van der Waals surface area contributed by atoms with E-state index in [1.165, 1.54) is 0 Å². The lowest BCUT2D eigenvalue weighted by Crippen LogP contribution is -2.50. The van der Waals surface area contributed by atoms with E-state index in [1.54, 1.807) is 24.3 Å². The number of urea groups is 1.